The van der Waals surface area contributed by atoms with Gasteiger partial charge >= 0.3 is 29.6 Å². The maximum Gasteiger partial charge on any atom is 1.00 e. The molecule has 0 aliphatic rings. The quantitative estimate of drug-likeness (QED) is 0.272. The molecule has 0 aromatic heterocycles. The molecule has 6 heteroatoms. The third-order valence-electron chi connectivity index (χ3n) is 4.24. The van der Waals surface area contributed by atoms with Crippen molar-refractivity contribution >= 4 is 10.1 Å². The smallest absolute Gasteiger partial charge is 0.748 e. The van der Waals surface area contributed by atoms with Crippen LogP contribution in [0.3, 0.4) is 0 Å². The van der Waals surface area contributed by atoms with Gasteiger partial charge in [0.05, 0.1) is 16.2 Å². The summed E-state index contributed by atoms with van der Waals surface area (Å²) < 4.78 is 33.5. The van der Waals surface area contributed by atoms with Gasteiger partial charge in [-0.3, -0.25) is 0 Å². The van der Waals surface area contributed by atoms with Gasteiger partial charge in [0.15, 0.2) is 0 Å². The Kier molecular flexibility index (Phi) is 18.5. The van der Waals surface area contributed by atoms with Crippen molar-refractivity contribution in [2.24, 2.45) is 0 Å². The number of aliphatic hydroxyl groups excluding tert-OH is 1. The van der Waals surface area contributed by atoms with E-state index in [4.69, 9.17) is 0 Å². The molecule has 0 radical (unpaired) electrons. The Morgan fingerprint density at radius 1 is 0.783 bits per heavy atom. The monoisotopic (exact) mass is 358 g/mol. The van der Waals surface area contributed by atoms with Crippen LogP contribution >= 0.6 is 0 Å². The topological polar surface area (TPSA) is 77.4 Å². The van der Waals surface area contributed by atoms with Crippen molar-refractivity contribution in [1.29, 1.82) is 0 Å². The van der Waals surface area contributed by atoms with Gasteiger partial charge in [-0.25, -0.2) is 8.42 Å². The van der Waals surface area contributed by atoms with Gasteiger partial charge in [-0.05, 0) is 25.7 Å². The van der Waals surface area contributed by atoms with Crippen LogP contribution in [-0.2, 0) is 10.1 Å². The van der Waals surface area contributed by atoms with Gasteiger partial charge in [-0.1, -0.05) is 71.6 Å². The predicted molar refractivity (Wildman–Crippen MR) is 90.9 cm³/mol. The van der Waals surface area contributed by atoms with Crippen LogP contribution in [0, 0.1) is 0 Å². The third-order valence-corrected chi connectivity index (χ3v) is 5.53. The predicted octanol–water partition coefficient (Wildman–Crippen LogP) is 1.38. The first-order chi connectivity index (χ1) is 10.4. The summed E-state index contributed by atoms with van der Waals surface area (Å²) in [4.78, 5) is 0. The van der Waals surface area contributed by atoms with E-state index >= 15 is 0 Å². The first kappa shape index (κ1) is 26.1. The van der Waals surface area contributed by atoms with E-state index in [2.05, 4.69) is 6.92 Å². The molecular weight excluding hydrogens is 323 g/mol. The Morgan fingerprint density at radius 3 is 1.70 bits per heavy atom. The zero-order valence-corrected chi connectivity index (χ0v) is 18.2. The van der Waals surface area contributed by atoms with E-state index < -0.39 is 15.4 Å². The fourth-order valence-electron chi connectivity index (χ4n) is 2.73. The van der Waals surface area contributed by atoms with Gasteiger partial charge in [0.25, 0.3) is 0 Å². The van der Waals surface area contributed by atoms with Crippen LogP contribution in [0.4, 0.5) is 0 Å². The zero-order valence-electron chi connectivity index (χ0n) is 15.4. The summed E-state index contributed by atoms with van der Waals surface area (Å²) in [6, 6.07) is 0. The fourth-order valence-corrected chi connectivity index (χ4v) is 3.64. The second kappa shape index (κ2) is 16.3. The van der Waals surface area contributed by atoms with Crippen molar-refractivity contribution in [3.8, 4) is 0 Å². The third kappa shape index (κ3) is 16.1. The van der Waals surface area contributed by atoms with Crippen LogP contribution in [0.1, 0.15) is 97.3 Å². The Bertz CT molecular complexity index is 347. The van der Waals surface area contributed by atoms with Gasteiger partial charge in [0.2, 0.25) is 0 Å². The summed E-state index contributed by atoms with van der Waals surface area (Å²) in [5, 5.41) is 9.03. The standard InChI is InChI=1S/C17H36O4S.Na/c1-3-5-12-16(18)13-10-8-7-9-11-15-17(14-6-4-2)22(19,20)21;/h16-18H,3-15H2,1-2H3,(H,19,20,21);/q;+1/p-1. The summed E-state index contributed by atoms with van der Waals surface area (Å²) in [5.74, 6) is 0. The van der Waals surface area contributed by atoms with E-state index in [9.17, 15) is 18.1 Å². The van der Waals surface area contributed by atoms with Crippen molar-refractivity contribution in [3.05, 3.63) is 0 Å². The Morgan fingerprint density at radius 2 is 1.17 bits per heavy atom. The van der Waals surface area contributed by atoms with Crippen LogP contribution < -0.4 is 29.6 Å². The van der Waals surface area contributed by atoms with Crippen molar-refractivity contribution in [2.75, 3.05) is 0 Å². The van der Waals surface area contributed by atoms with E-state index in [0.29, 0.717) is 12.8 Å². The average molecular weight is 359 g/mol. The maximum absolute atomic E-state index is 11.2. The van der Waals surface area contributed by atoms with Crippen LogP contribution in [0.25, 0.3) is 0 Å². The van der Waals surface area contributed by atoms with Crippen molar-refractivity contribution in [1.82, 2.24) is 0 Å². The summed E-state index contributed by atoms with van der Waals surface area (Å²) >= 11 is 0. The molecule has 4 nitrogen and oxygen atoms in total. The molecule has 0 rings (SSSR count). The van der Waals surface area contributed by atoms with E-state index in [1.54, 1.807) is 0 Å². The molecule has 0 fully saturated rings. The Balaban J connectivity index is 0. The number of rotatable bonds is 15. The molecule has 0 heterocycles. The maximum atomic E-state index is 11.2. The minimum absolute atomic E-state index is 0. The number of hydrogen-bond donors (Lipinski definition) is 1. The molecule has 0 saturated carbocycles. The first-order valence-electron chi connectivity index (χ1n) is 9.04. The van der Waals surface area contributed by atoms with Crippen LogP contribution in [0.15, 0.2) is 0 Å². The second-order valence-corrected chi connectivity index (χ2v) is 8.05. The zero-order chi connectivity index (χ0) is 16.8. The van der Waals surface area contributed by atoms with Gasteiger partial charge in [-0.2, -0.15) is 0 Å². The molecule has 0 bridgehead atoms. The SMILES string of the molecule is CCCCC(O)CCCCCCCC(CCCC)S(=O)(=O)[O-].[Na+]. The average Bonchev–Trinajstić information content (AvgIpc) is 2.45. The van der Waals surface area contributed by atoms with Gasteiger partial charge in [-0.15, -0.1) is 0 Å². The minimum Gasteiger partial charge on any atom is -0.748 e. The van der Waals surface area contributed by atoms with Crippen molar-refractivity contribution in [3.63, 3.8) is 0 Å². The number of hydrogen-bond acceptors (Lipinski definition) is 4. The fraction of sp³-hybridized carbons (Fsp3) is 1.00. The molecule has 1 N–H and O–H groups in total. The summed E-state index contributed by atoms with van der Waals surface area (Å²) in [7, 11) is -4.14. The normalized spacial score (nSPS) is 14.3. The molecule has 0 spiro atoms. The molecule has 0 aliphatic carbocycles. The van der Waals surface area contributed by atoms with Crippen LogP contribution in [-0.4, -0.2) is 29.4 Å². The van der Waals surface area contributed by atoms with Crippen LogP contribution in [0.2, 0.25) is 0 Å². The largest absolute Gasteiger partial charge is 1.00 e. The number of unbranched alkanes of at least 4 members (excludes halogenated alkanes) is 6. The molecule has 0 aliphatic heterocycles. The molecule has 23 heavy (non-hydrogen) atoms. The molecule has 0 amide bonds. The second-order valence-electron chi connectivity index (χ2n) is 6.40. The Labute approximate surface area is 165 Å². The molecular formula is C17H35NaO4S. The summed E-state index contributed by atoms with van der Waals surface area (Å²) in [5.41, 5.74) is 0. The summed E-state index contributed by atoms with van der Waals surface area (Å²) in [6.45, 7) is 4.13. The van der Waals surface area contributed by atoms with Gasteiger partial charge < -0.3 is 9.66 Å². The molecule has 134 valence electrons. The van der Waals surface area contributed by atoms with Gasteiger partial charge in [0, 0.05) is 5.25 Å². The van der Waals surface area contributed by atoms with Crippen LogP contribution in [0.5, 0.6) is 0 Å². The van der Waals surface area contributed by atoms with E-state index in [1.165, 1.54) is 0 Å². The minimum atomic E-state index is -4.14. The summed E-state index contributed by atoms with van der Waals surface area (Å²) in [6.07, 6.45) is 11.5. The molecule has 2 unspecified atom stereocenters. The van der Waals surface area contributed by atoms with E-state index in [0.717, 1.165) is 70.6 Å². The van der Waals surface area contributed by atoms with Crippen molar-refractivity contribution < 1.29 is 47.6 Å². The molecule has 2 atom stereocenters. The van der Waals surface area contributed by atoms with E-state index in [1.807, 2.05) is 6.92 Å². The number of aliphatic hydroxyl groups is 1. The molecule has 0 saturated heterocycles. The van der Waals surface area contributed by atoms with E-state index in [-0.39, 0.29) is 35.7 Å². The Hall–Kier alpha value is 0.870. The molecule has 0 aromatic carbocycles. The first-order valence-corrected chi connectivity index (χ1v) is 10.5. The molecule has 0 aromatic rings. The van der Waals surface area contributed by atoms with Gasteiger partial charge in [0.1, 0.15) is 0 Å². The van der Waals surface area contributed by atoms with Crippen molar-refractivity contribution in [2.45, 2.75) is 109 Å².